The fourth-order valence-corrected chi connectivity index (χ4v) is 3.94. The van der Waals surface area contributed by atoms with Crippen molar-refractivity contribution in [1.29, 1.82) is 0 Å². The number of pyridine rings is 1. The van der Waals surface area contributed by atoms with Gasteiger partial charge in [-0.1, -0.05) is 0 Å². The molecular formula is C19H20N8O. The highest BCUT2D eigenvalue weighted by Gasteiger charge is 2.29. The first-order chi connectivity index (χ1) is 13.6. The van der Waals surface area contributed by atoms with Crippen molar-refractivity contribution in [1.82, 2.24) is 35.0 Å². The molecule has 1 amide bonds. The number of carbonyl (C=O) groups is 1. The molecule has 9 nitrogen and oxygen atoms in total. The lowest BCUT2D eigenvalue weighted by molar-refractivity contribution is -0.133. The maximum Gasteiger partial charge on any atom is 0.225 e. The lowest BCUT2D eigenvalue weighted by Gasteiger charge is -2.24. The van der Waals surface area contributed by atoms with Crippen molar-refractivity contribution in [3.63, 3.8) is 0 Å². The summed E-state index contributed by atoms with van der Waals surface area (Å²) in [4.78, 5) is 30.8. The molecule has 0 saturated heterocycles. The van der Waals surface area contributed by atoms with E-state index in [1.54, 1.807) is 31.4 Å². The van der Waals surface area contributed by atoms with Gasteiger partial charge in [0.2, 0.25) is 5.91 Å². The summed E-state index contributed by atoms with van der Waals surface area (Å²) in [5, 5.41) is 12.1. The number of rotatable bonds is 3. The van der Waals surface area contributed by atoms with E-state index in [0.717, 1.165) is 46.0 Å². The summed E-state index contributed by atoms with van der Waals surface area (Å²) in [6.45, 7) is 0. The Bertz CT molecular complexity index is 1190. The summed E-state index contributed by atoms with van der Waals surface area (Å²) in [6, 6.07) is 1.92. The fourth-order valence-electron chi connectivity index (χ4n) is 3.94. The first-order valence-electron chi connectivity index (χ1n) is 9.22. The third kappa shape index (κ3) is 2.67. The van der Waals surface area contributed by atoms with Gasteiger partial charge in [-0.3, -0.25) is 9.89 Å². The fraction of sp³-hybridized carbons (Fsp3) is 0.316. The van der Waals surface area contributed by atoms with E-state index in [1.807, 2.05) is 6.07 Å². The van der Waals surface area contributed by atoms with E-state index in [4.69, 9.17) is 0 Å². The van der Waals surface area contributed by atoms with Gasteiger partial charge in [0.15, 0.2) is 0 Å². The number of H-pyrrole nitrogens is 2. The topological polar surface area (TPSA) is 115 Å². The first kappa shape index (κ1) is 16.7. The van der Waals surface area contributed by atoms with Crippen LogP contribution in [0, 0.1) is 5.92 Å². The summed E-state index contributed by atoms with van der Waals surface area (Å²) < 4.78 is 0. The molecule has 9 heteroatoms. The van der Waals surface area contributed by atoms with Crippen molar-refractivity contribution in [2.75, 3.05) is 19.4 Å². The second-order valence-electron chi connectivity index (χ2n) is 7.35. The third-order valence-corrected chi connectivity index (χ3v) is 5.34. The molecule has 0 spiro atoms. The van der Waals surface area contributed by atoms with Crippen LogP contribution in [-0.4, -0.2) is 55.0 Å². The van der Waals surface area contributed by atoms with Crippen LogP contribution < -0.4 is 5.32 Å². The minimum atomic E-state index is -0.0186. The Morgan fingerprint density at radius 1 is 1.25 bits per heavy atom. The van der Waals surface area contributed by atoms with Gasteiger partial charge in [-0.15, -0.1) is 0 Å². The van der Waals surface area contributed by atoms with Crippen molar-refractivity contribution in [3.8, 4) is 0 Å². The normalized spacial score (nSPS) is 16.3. The summed E-state index contributed by atoms with van der Waals surface area (Å²) in [5.41, 5.74) is 3.92. The molecule has 3 N–H and O–H groups in total. The molecule has 0 radical (unpaired) electrons. The van der Waals surface area contributed by atoms with Crippen molar-refractivity contribution < 1.29 is 4.79 Å². The van der Waals surface area contributed by atoms with Gasteiger partial charge in [0.25, 0.3) is 0 Å². The van der Waals surface area contributed by atoms with E-state index in [2.05, 4.69) is 35.5 Å². The molecule has 4 aromatic heterocycles. The second-order valence-corrected chi connectivity index (χ2v) is 7.35. The van der Waals surface area contributed by atoms with Gasteiger partial charge >= 0.3 is 0 Å². The van der Waals surface area contributed by atoms with Crippen LogP contribution in [0.4, 0.5) is 11.6 Å². The molecule has 142 valence electrons. The van der Waals surface area contributed by atoms with Gasteiger partial charge < -0.3 is 15.2 Å². The van der Waals surface area contributed by atoms with Gasteiger partial charge in [0.05, 0.1) is 23.3 Å². The molecule has 1 aliphatic rings. The minimum Gasteiger partial charge on any atom is -0.349 e. The number of aryl methyl sites for hydroxylation is 1. The predicted molar refractivity (Wildman–Crippen MR) is 105 cm³/mol. The van der Waals surface area contributed by atoms with Gasteiger partial charge in [-0.2, -0.15) is 5.10 Å². The number of hydrogen-bond donors (Lipinski definition) is 3. The van der Waals surface area contributed by atoms with E-state index in [9.17, 15) is 4.79 Å². The van der Waals surface area contributed by atoms with Crippen molar-refractivity contribution in [3.05, 3.63) is 36.0 Å². The SMILES string of the molecule is CN(C)C(=O)[C@H]1CCc2[nH]c3ncnc(Nc4cc5cn[nH]c5cn4)c3c2C1. The van der Waals surface area contributed by atoms with Crippen LogP contribution in [0.2, 0.25) is 0 Å². The van der Waals surface area contributed by atoms with Crippen molar-refractivity contribution in [2.24, 2.45) is 5.92 Å². The van der Waals surface area contributed by atoms with Crippen LogP contribution in [0.1, 0.15) is 17.7 Å². The predicted octanol–water partition coefficient (Wildman–Crippen LogP) is 2.17. The Hall–Kier alpha value is -3.49. The molecule has 28 heavy (non-hydrogen) atoms. The lowest BCUT2D eigenvalue weighted by atomic mass is 9.85. The summed E-state index contributed by atoms with van der Waals surface area (Å²) >= 11 is 0. The molecule has 0 saturated carbocycles. The molecule has 4 aromatic rings. The van der Waals surface area contributed by atoms with Crippen LogP contribution in [0.3, 0.4) is 0 Å². The second kappa shape index (κ2) is 6.29. The standard InChI is InChI=1S/C19H20N8O/c1-27(2)19(28)10-3-4-13-12(5-10)16-17(24-13)21-9-22-18(16)25-15-6-11-7-23-26-14(11)8-20-15/h6-10H,3-5H2,1-2H3,(H,23,26)(H2,20,21,22,24,25)/t10-/m0/s1. The van der Waals surface area contributed by atoms with Crippen molar-refractivity contribution in [2.45, 2.75) is 19.3 Å². The Labute approximate surface area is 160 Å². The molecular weight excluding hydrogens is 356 g/mol. The maximum absolute atomic E-state index is 12.5. The number of anilines is 2. The van der Waals surface area contributed by atoms with Crippen LogP contribution in [0.5, 0.6) is 0 Å². The molecule has 5 rings (SSSR count). The highest BCUT2D eigenvalue weighted by Crippen LogP contribution is 2.35. The average Bonchev–Trinajstić information content (AvgIpc) is 3.30. The number of nitrogens with zero attached hydrogens (tertiary/aromatic N) is 5. The average molecular weight is 376 g/mol. The number of amides is 1. The summed E-state index contributed by atoms with van der Waals surface area (Å²) in [7, 11) is 3.61. The molecule has 0 bridgehead atoms. The van der Waals surface area contributed by atoms with Gasteiger partial charge in [-0.05, 0) is 30.9 Å². The zero-order chi connectivity index (χ0) is 19.3. The Kier molecular flexibility index (Phi) is 3.75. The lowest BCUT2D eigenvalue weighted by Crippen LogP contribution is -2.33. The zero-order valence-corrected chi connectivity index (χ0v) is 15.7. The highest BCUT2D eigenvalue weighted by molar-refractivity contribution is 5.94. The molecule has 0 aromatic carbocycles. The molecule has 1 aliphatic carbocycles. The molecule has 4 heterocycles. The van der Waals surface area contributed by atoms with Crippen molar-refractivity contribution >= 4 is 39.5 Å². The number of nitrogens with one attached hydrogen (secondary N) is 3. The highest BCUT2D eigenvalue weighted by atomic mass is 16.2. The monoisotopic (exact) mass is 376 g/mol. The smallest absolute Gasteiger partial charge is 0.225 e. The van der Waals surface area contributed by atoms with E-state index in [1.165, 1.54) is 6.33 Å². The largest absolute Gasteiger partial charge is 0.349 e. The number of hydrogen-bond acceptors (Lipinski definition) is 6. The number of carbonyl (C=O) groups excluding carboxylic acids is 1. The van der Waals surface area contributed by atoms with E-state index in [0.29, 0.717) is 18.1 Å². The number of aromatic amines is 2. The zero-order valence-electron chi connectivity index (χ0n) is 15.7. The van der Waals surface area contributed by atoms with Gasteiger partial charge in [0, 0.05) is 31.1 Å². The van der Waals surface area contributed by atoms with E-state index >= 15 is 0 Å². The van der Waals surface area contributed by atoms with Crippen LogP contribution in [0.25, 0.3) is 21.9 Å². The summed E-state index contributed by atoms with van der Waals surface area (Å²) in [6.07, 6.45) is 7.38. The Morgan fingerprint density at radius 2 is 2.14 bits per heavy atom. The van der Waals surface area contributed by atoms with Crippen LogP contribution >= 0.6 is 0 Å². The van der Waals surface area contributed by atoms with Crippen LogP contribution in [-0.2, 0) is 17.6 Å². The molecule has 1 atom stereocenters. The Morgan fingerprint density at radius 3 is 3.00 bits per heavy atom. The van der Waals surface area contributed by atoms with Gasteiger partial charge in [0.1, 0.15) is 23.6 Å². The molecule has 0 unspecified atom stereocenters. The number of fused-ring (bicyclic) bond motifs is 4. The third-order valence-electron chi connectivity index (χ3n) is 5.34. The van der Waals surface area contributed by atoms with E-state index < -0.39 is 0 Å². The Balaban J connectivity index is 1.55. The van der Waals surface area contributed by atoms with E-state index in [-0.39, 0.29) is 11.8 Å². The minimum absolute atomic E-state index is 0.0186. The molecule has 0 aliphatic heterocycles. The van der Waals surface area contributed by atoms with Gasteiger partial charge in [-0.25, -0.2) is 15.0 Å². The van der Waals surface area contributed by atoms with Crippen LogP contribution in [0.15, 0.2) is 24.8 Å². The first-order valence-corrected chi connectivity index (χ1v) is 9.22. The quantitative estimate of drug-likeness (QED) is 0.505. The molecule has 0 fully saturated rings. The maximum atomic E-state index is 12.5. The number of aromatic nitrogens is 6. The summed E-state index contributed by atoms with van der Waals surface area (Å²) in [5.74, 6) is 1.52.